The third-order valence-corrected chi connectivity index (χ3v) is 4.51. The van der Waals surface area contributed by atoms with E-state index in [-0.39, 0.29) is 0 Å². The van der Waals surface area contributed by atoms with E-state index < -0.39 is 0 Å². The first-order valence-electron chi connectivity index (χ1n) is 8.28. The van der Waals surface area contributed by atoms with Crippen molar-refractivity contribution in [3.8, 4) is 0 Å². The lowest BCUT2D eigenvalue weighted by Crippen LogP contribution is -2.31. The Bertz CT molecular complexity index is 729. The Morgan fingerprint density at radius 2 is 1.74 bits per heavy atom. The molecule has 1 aromatic heterocycles. The molecule has 3 aromatic rings. The highest BCUT2D eigenvalue weighted by Gasteiger charge is 2.23. The first kappa shape index (κ1) is 14.3. The van der Waals surface area contributed by atoms with Crippen molar-refractivity contribution >= 4 is 17.1 Å². The minimum Gasteiger partial charge on any atom is -0.424 e. The van der Waals surface area contributed by atoms with Gasteiger partial charge in [-0.1, -0.05) is 42.5 Å². The van der Waals surface area contributed by atoms with Crippen LogP contribution in [0.25, 0.3) is 11.1 Å². The summed E-state index contributed by atoms with van der Waals surface area (Å²) in [6.07, 6.45) is 2.57. The number of nitrogens with zero attached hydrogens (tertiary/aromatic N) is 2. The molecule has 0 saturated carbocycles. The predicted octanol–water partition coefficient (Wildman–Crippen LogP) is 4.08. The van der Waals surface area contributed by atoms with Crippen LogP contribution >= 0.6 is 0 Å². The fourth-order valence-electron chi connectivity index (χ4n) is 3.32. The maximum absolute atomic E-state index is 5.78. The predicted molar refractivity (Wildman–Crippen MR) is 92.5 cm³/mol. The standard InChI is InChI=1S/C19H21N3O/c1-2-8-15(9-3-1)17(22-12-6-7-13-22)14-20-19-21-16-10-4-5-11-18(16)23-19/h1-5,8-11,17H,6-7,12-14H2,(H,20,21). The Morgan fingerprint density at radius 1 is 1.00 bits per heavy atom. The van der Waals surface area contributed by atoms with Gasteiger partial charge in [0.1, 0.15) is 5.52 Å². The van der Waals surface area contributed by atoms with Gasteiger partial charge in [0.25, 0.3) is 6.01 Å². The van der Waals surface area contributed by atoms with E-state index in [2.05, 4.69) is 45.5 Å². The number of benzene rings is 2. The fourth-order valence-corrected chi connectivity index (χ4v) is 3.32. The molecule has 1 aliphatic heterocycles. The van der Waals surface area contributed by atoms with Crippen molar-refractivity contribution < 1.29 is 4.42 Å². The molecule has 0 bridgehead atoms. The second-order valence-corrected chi connectivity index (χ2v) is 6.04. The molecular weight excluding hydrogens is 286 g/mol. The van der Waals surface area contributed by atoms with E-state index >= 15 is 0 Å². The third kappa shape index (κ3) is 3.08. The summed E-state index contributed by atoms with van der Waals surface area (Å²) in [7, 11) is 0. The molecule has 0 amide bonds. The molecule has 0 radical (unpaired) electrons. The van der Waals surface area contributed by atoms with Gasteiger partial charge in [-0.05, 0) is 43.6 Å². The van der Waals surface area contributed by atoms with Crippen molar-refractivity contribution in [2.75, 3.05) is 25.0 Å². The van der Waals surface area contributed by atoms with Crippen LogP contribution in [0.1, 0.15) is 24.4 Å². The summed E-state index contributed by atoms with van der Waals surface area (Å²) in [4.78, 5) is 7.06. The monoisotopic (exact) mass is 307 g/mol. The molecule has 0 spiro atoms. The lowest BCUT2D eigenvalue weighted by Gasteiger charge is -2.27. The van der Waals surface area contributed by atoms with Crippen LogP contribution < -0.4 is 5.32 Å². The highest BCUT2D eigenvalue weighted by molar-refractivity contribution is 5.74. The van der Waals surface area contributed by atoms with E-state index in [1.54, 1.807) is 0 Å². The molecule has 2 heterocycles. The van der Waals surface area contributed by atoms with Gasteiger partial charge in [0.05, 0.1) is 6.04 Å². The van der Waals surface area contributed by atoms with E-state index in [0.717, 1.165) is 30.7 Å². The average Bonchev–Trinajstić information content (AvgIpc) is 3.25. The quantitative estimate of drug-likeness (QED) is 0.771. The molecule has 2 aromatic carbocycles. The van der Waals surface area contributed by atoms with Crippen LogP contribution in [0.2, 0.25) is 0 Å². The molecule has 1 atom stereocenters. The zero-order valence-electron chi connectivity index (χ0n) is 13.1. The Morgan fingerprint density at radius 3 is 2.52 bits per heavy atom. The minimum absolute atomic E-state index is 0.355. The summed E-state index contributed by atoms with van der Waals surface area (Å²) in [5.41, 5.74) is 3.07. The van der Waals surface area contributed by atoms with Crippen LogP contribution in [0.15, 0.2) is 59.0 Å². The lowest BCUT2D eigenvalue weighted by atomic mass is 10.1. The SMILES string of the molecule is c1ccc(C(CNc2nc3ccccc3o2)N2CCCC2)cc1. The molecule has 1 fully saturated rings. The van der Waals surface area contributed by atoms with Gasteiger partial charge in [0.2, 0.25) is 0 Å². The molecule has 4 heteroatoms. The molecule has 4 rings (SSSR count). The number of oxazole rings is 1. The van der Waals surface area contributed by atoms with Crippen molar-refractivity contribution in [2.24, 2.45) is 0 Å². The second-order valence-electron chi connectivity index (χ2n) is 6.04. The maximum atomic E-state index is 5.78. The minimum atomic E-state index is 0.355. The normalized spacial score (nSPS) is 16.7. The van der Waals surface area contributed by atoms with Gasteiger partial charge in [-0.2, -0.15) is 4.98 Å². The number of para-hydroxylation sites is 2. The zero-order chi connectivity index (χ0) is 15.5. The fraction of sp³-hybridized carbons (Fsp3) is 0.316. The number of hydrogen-bond acceptors (Lipinski definition) is 4. The van der Waals surface area contributed by atoms with Crippen molar-refractivity contribution in [3.05, 3.63) is 60.2 Å². The summed E-state index contributed by atoms with van der Waals surface area (Å²) >= 11 is 0. The van der Waals surface area contributed by atoms with Crippen molar-refractivity contribution in [1.82, 2.24) is 9.88 Å². The number of fused-ring (bicyclic) bond motifs is 1. The summed E-state index contributed by atoms with van der Waals surface area (Å²) in [6.45, 7) is 3.13. The first-order chi connectivity index (χ1) is 11.4. The lowest BCUT2D eigenvalue weighted by molar-refractivity contribution is 0.255. The van der Waals surface area contributed by atoms with Gasteiger partial charge in [-0.3, -0.25) is 4.90 Å². The number of rotatable bonds is 5. The van der Waals surface area contributed by atoms with E-state index in [4.69, 9.17) is 4.42 Å². The zero-order valence-corrected chi connectivity index (χ0v) is 13.1. The van der Waals surface area contributed by atoms with Gasteiger partial charge < -0.3 is 9.73 Å². The number of likely N-dealkylation sites (tertiary alicyclic amines) is 1. The van der Waals surface area contributed by atoms with Crippen LogP contribution in [0.3, 0.4) is 0 Å². The number of aromatic nitrogens is 1. The highest BCUT2D eigenvalue weighted by atomic mass is 16.4. The van der Waals surface area contributed by atoms with Gasteiger partial charge in [0.15, 0.2) is 5.58 Å². The summed E-state index contributed by atoms with van der Waals surface area (Å²) in [5.74, 6) is 0. The average molecular weight is 307 g/mol. The van der Waals surface area contributed by atoms with Crippen LogP contribution in [-0.4, -0.2) is 29.5 Å². The molecule has 1 N–H and O–H groups in total. The smallest absolute Gasteiger partial charge is 0.295 e. The van der Waals surface area contributed by atoms with Crippen LogP contribution in [0, 0.1) is 0 Å². The van der Waals surface area contributed by atoms with Crippen LogP contribution in [0.5, 0.6) is 0 Å². The van der Waals surface area contributed by atoms with Crippen molar-refractivity contribution in [1.29, 1.82) is 0 Å². The maximum Gasteiger partial charge on any atom is 0.295 e. The van der Waals surface area contributed by atoms with Crippen molar-refractivity contribution in [3.63, 3.8) is 0 Å². The Labute approximate surface area is 136 Å². The Kier molecular flexibility index (Phi) is 3.99. The van der Waals surface area contributed by atoms with E-state index in [1.165, 1.54) is 18.4 Å². The van der Waals surface area contributed by atoms with E-state index in [0.29, 0.717) is 12.1 Å². The number of anilines is 1. The summed E-state index contributed by atoms with van der Waals surface area (Å²) in [6, 6.07) is 19.5. The molecule has 118 valence electrons. The molecule has 23 heavy (non-hydrogen) atoms. The molecule has 0 aliphatic carbocycles. The van der Waals surface area contributed by atoms with E-state index in [1.807, 2.05) is 24.3 Å². The number of nitrogens with one attached hydrogen (secondary N) is 1. The molecular formula is C19H21N3O. The van der Waals surface area contributed by atoms with Gasteiger partial charge >= 0.3 is 0 Å². The van der Waals surface area contributed by atoms with Crippen LogP contribution in [0.4, 0.5) is 6.01 Å². The molecule has 4 nitrogen and oxygen atoms in total. The largest absolute Gasteiger partial charge is 0.424 e. The van der Waals surface area contributed by atoms with Gasteiger partial charge in [-0.25, -0.2) is 0 Å². The summed E-state index contributed by atoms with van der Waals surface area (Å²) < 4.78 is 5.78. The summed E-state index contributed by atoms with van der Waals surface area (Å²) in [5, 5.41) is 3.39. The molecule has 1 aliphatic rings. The first-order valence-corrected chi connectivity index (χ1v) is 8.28. The van der Waals surface area contributed by atoms with Crippen molar-refractivity contribution in [2.45, 2.75) is 18.9 Å². The molecule has 1 saturated heterocycles. The number of hydrogen-bond donors (Lipinski definition) is 1. The molecule has 1 unspecified atom stereocenters. The Hall–Kier alpha value is -2.33. The second kappa shape index (κ2) is 6.42. The van der Waals surface area contributed by atoms with Gasteiger partial charge in [-0.15, -0.1) is 0 Å². The van der Waals surface area contributed by atoms with E-state index in [9.17, 15) is 0 Å². The van der Waals surface area contributed by atoms with Gasteiger partial charge in [0, 0.05) is 6.54 Å². The topological polar surface area (TPSA) is 41.3 Å². The third-order valence-electron chi connectivity index (χ3n) is 4.51. The Balaban J connectivity index is 1.53. The highest BCUT2D eigenvalue weighted by Crippen LogP contribution is 2.26. The van der Waals surface area contributed by atoms with Crippen LogP contribution in [-0.2, 0) is 0 Å².